The molecule has 1 N–H and O–H groups in total. The van der Waals surface area contributed by atoms with Gasteiger partial charge in [-0.3, -0.25) is 4.79 Å². The zero-order chi connectivity index (χ0) is 18.5. The van der Waals surface area contributed by atoms with Crippen LogP contribution in [0, 0.1) is 0 Å². The molecule has 1 aromatic carbocycles. The molecule has 0 unspecified atom stereocenters. The van der Waals surface area contributed by atoms with Crippen molar-refractivity contribution in [3.05, 3.63) is 66.6 Å². The maximum Gasteiger partial charge on any atom is 0.230 e. The normalized spacial score (nSPS) is 14.5. The van der Waals surface area contributed by atoms with Crippen LogP contribution in [0.5, 0.6) is 0 Å². The summed E-state index contributed by atoms with van der Waals surface area (Å²) in [5.41, 5.74) is 2.14. The van der Waals surface area contributed by atoms with Crippen molar-refractivity contribution in [2.24, 2.45) is 0 Å². The molecule has 0 bridgehead atoms. The molecule has 0 atom stereocenters. The number of carbonyl (C=O) groups excluding carboxylic acids is 1. The van der Waals surface area contributed by atoms with Gasteiger partial charge in [-0.05, 0) is 37.1 Å². The van der Waals surface area contributed by atoms with Crippen LogP contribution in [0.1, 0.15) is 31.2 Å². The van der Waals surface area contributed by atoms with Gasteiger partial charge >= 0.3 is 0 Å². The van der Waals surface area contributed by atoms with Crippen molar-refractivity contribution in [1.29, 1.82) is 0 Å². The Morgan fingerprint density at radius 1 is 1.11 bits per heavy atom. The van der Waals surface area contributed by atoms with Crippen molar-refractivity contribution < 1.29 is 4.79 Å². The molecule has 2 heterocycles. The quantitative estimate of drug-likeness (QED) is 0.675. The lowest BCUT2D eigenvalue weighted by atomic mass is 10.2. The first kappa shape index (κ1) is 17.9. The number of rotatable bonds is 7. The van der Waals surface area contributed by atoms with Crippen LogP contribution in [0.4, 0.5) is 0 Å². The van der Waals surface area contributed by atoms with E-state index in [4.69, 9.17) is 0 Å². The standard InChI is InChI=1S/C21H24N4OS/c26-20(23-18-8-4-5-9-18)16-27-15-17-14-22-25(19-10-2-1-3-11-19)21(17)24-12-6-7-13-24/h1-3,6-7,10-14,18H,4-5,8-9,15-16H2,(H,23,26). The Bertz CT molecular complexity index is 867. The molecule has 0 radical (unpaired) electrons. The molecule has 27 heavy (non-hydrogen) atoms. The van der Waals surface area contributed by atoms with Crippen LogP contribution in [0.2, 0.25) is 0 Å². The topological polar surface area (TPSA) is 51.9 Å². The Balaban J connectivity index is 1.46. The number of hydrogen-bond acceptors (Lipinski definition) is 3. The van der Waals surface area contributed by atoms with Gasteiger partial charge < -0.3 is 9.88 Å². The third-order valence-corrected chi connectivity index (χ3v) is 5.86. The van der Waals surface area contributed by atoms with E-state index in [9.17, 15) is 4.79 Å². The fourth-order valence-corrected chi connectivity index (χ4v) is 4.37. The summed E-state index contributed by atoms with van der Waals surface area (Å²) in [6.45, 7) is 0. The average molecular weight is 381 g/mol. The highest BCUT2D eigenvalue weighted by molar-refractivity contribution is 7.99. The first-order valence-electron chi connectivity index (χ1n) is 9.44. The van der Waals surface area contributed by atoms with Gasteiger partial charge in [0.15, 0.2) is 0 Å². The van der Waals surface area contributed by atoms with Gasteiger partial charge in [0, 0.05) is 29.8 Å². The number of nitrogens with zero attached hydrogens (tertiary/aromatic N) is 3. The molecule has 1 fully saturated rings. The summed E-state index contributed by atoms with van der Waals surface area (Å²) in [4.78, 5) is 12.2. The van der Waals surface area contributed by atoms with Crippen LogP contribution in [-0.2, 0) is 10.5 Å². The number of nitrogens with one attached hydrogen (secondary N) is 1. The molecular formula is C21H24N4OS. The highest BCUT2D eigenvalue weighted by Gasteiger charge is 2.18. The van der Waals surface area contributed by atoms with Crippen molar-refractivity contribution in [3.63, 3.8) is 0 Å². The summed E-state index contributed by atoms with van der Waals surface area (Å²) in [5.74, 6) is 2.40. The highest BCUT2D eigenvalue weighted by Crippen LogP contribution is 2.24. The molecule has 1 saturated carbocycles. The predicted octanol–water partition coefficient (Wildman–Crippen LogP) is 3.96. The summed E-state index contributed by atoms with van der Waals surface area (Å²) in [7, 11) is 0. The molecule has 140 valence electrons. The zero-order valence-electron chi connectivity index (χ0n) is 15.3. The molecule has 2 aromatic heterocycles. The van der Waals surface area contributed by atoms with Gasteiger partial charge in [-0.15, -0.1) is 11.8 Å². The van der Waals surface area contributed by atoms with E-state index in [1.807, 2.05) is 65.7 Å². The fraction of sp³-hybridized carbons (Fsp3) is 0.333. The average Bonchev–Trinajstić information content (AvgIpc) is 3.44. The maximum absolute atomic E-state index is 12.2. The first-order chi connectivity index (χ1) is 13.3. The predicted molar refractivity (Wildman–Crippen MR) is 109 cm³/mol. The van der Waals surface area contributed by atoms with Crippen molar-refractivity contribution in [3.8, 4) is 11.5 Å². The van der Waals surface area contributed by atoms with E-state index < -0.39 is 0 Å². The van der Waals surface area contributed by atoms with Crippen LogP contribution >= 0.6 is 11.8 Å². The lowest BCUT2D eigenvalue weighted by Crippen LogP contribution is -2.33. The maximum atomic E-state index is 12.2. The van der Waals surface area contributed by atoms with Gasteiger partial charge in [-0.1, -0.05) is 31.0 Å². The second-order valence-corrected chi connectivity index (χ2v) is 7.86. The second kappa shape index (κ2) is 8.48. The van der Waals surface area contributed by atoms with E-state index in [0.717, 1.165) is 35.7 Å². The van der Waals surface area contributed by atoms with Gasteiger partial charge in [-0.2, -0.15) is 5.10 Å². The van der Waals surface area contributed by atoms with E-state index >= 15 is 0 Å². The van der Waals surface area contributed by atoms with Crippen molar-refractivity contribution in [2.45, 2.75) is 37.5 Å². The molecule has 1 aliphatic carbocycles. The SMILES string of the molecule is O=C(CSCc1cnn(-c2ccccc2)c1-n1cccc1)NC1CCCC1. The second-order valence-electron chi connectivity index (χ2n) is 6.87. The third kappa shape index (κ3) is 4.27. The van der Waals surface area contributed by atoms with Crippen LogP contribution in [0.3, 0.4) is 0 Å². The molecule has 1 amide bonds. The molecule has 6 heteroatoms. The first-order valence-corrected chi connectivity index (χ1v) is 10.6. The summed E-state index contributed by atoms with van der Waals surface area (Å²) in [6.07, 6.45) is 10.7. The number of aromatic nitrogens is 3. The van der Waals surface area contributed by atoms with Crippen molar-refractivity contribution in [2.75, 3.05) is 5.75 Å². The molecule has 3 aromatic rings. The Hall–Kier alpha value is -2.47. The van der Waals surface area contributed by atoms with Gasteiger partial charge in [0.25, 0.3) is 0 Å². The smallest absolute Gasteiger partial charge is 0.230 e. The molecule has 0 saturated heterocycles. The minimum atomic E-state index is 0.143. The molecule has 5 nitrogen and oxygen atoms in total. The van der Waals surface area contributed by atoms with Gasteiger partial charge in [0.05, 0.1) is 17.6 Å². The molecule has 0 aliphatic heterocycles. The van der Waals surface area contributed by atoms with Gasteiger partial charge in [0.1, 0.15) is 5.82 Å². The minimum Gasteiger partial charge on any atom is -0.353 e. The monoisotopic (exact) mass is 380 g/mol. The number of benzene rings is 1. The molecule has 4 rings (SSSR count). The number of carbonyl (C=O) groups is 1. The van der Waals surface area contributed by atoms with E-state index in [0.29, 0.717) is 11.8 Å². The Kier molecular flexibility index (Phi) is 5.63. The summed E-state index contributed by atoms with van der Waals surface area (Å²) >= 11 is 1.64. The van der Waals surface area contributed by atoms with Crippen LogP contribution in [0.15, 0.2) is 61.1 Å². The third-order valence-electron chi connectivity index (χ3n) is 4.88. The van der Waals surface area contributed by atoms with E-state index in [2.05, 4.69) is 15.0 Å². The van der Waals surface area contributed by atoms with Crippen LogP contribution in [-0.4, -0.2) is 32.0 Å². The van der Waals surface area contributed by atoms with Crippen molar-refractivity contribution >= 4 is 17.7 Å². The van der Waals surface area contributed by atoms with Crippen LogP contribution < -0.4 is 5.32 Å². The molecule has 1 aliphatic rings. The molecular weight excluding hydrogens is 356 g/mol. The fourth-order valence-electron chi connectivity index (χ4n) is 3.58. The summed E-state index contributed by atoms with van der Waals surface area (Å²) < 4.78 is 4.03. The highest BCUT2D eigenvalue weighted by atomic mass is 32.2. The van der Waals surface area contributed by atoms with Crippen LogP contribution in [0.25, 0.3) is 11.5 Å². The van der Waals surface area contributed by atoms with Gasteiger partial charge in [0.2, 0.25) is 5.91 Å². The number of hydrogen-bond donors (Lipinski definition) is 1. The van der Waals surface area contributed by atoms with E-state index in [1.54, 1.807) is 11.8 Å². The number of amides is 1. The largest absolute Gasteiger partial charge is 0.353 e. The Morgan fingerprint density at radius 2 is 1.85 bits per heavy atom. The number of para-hydroxylation sites is 1. The zero-order valence-corrected chi connectivity index (χ0v) is 16.1. The van der Waals surface area contributed by atoms with E-state index in [-0.39, 0.29) is 5.91 Å². The molecule has 0 spiro atoms. The van der Waals surface area contributed by atoms with E-state index in [1.165, 1.54) is 12.8 Å². The minimum absolute atomic E-state index is 0.143. The number of thioether (sulfide) groups is 1. The van der Waals surface area contributed by atoms with Crippen molar-refractivity contribution in [1.82, 2.24) is 19.7 Å². The summed E-state index contributed by atoms with van der Waals surface area (Å²) in [5, 5.41) is 7.76. The Morgan fingerprint density at radius 3 is 2.59 bits per heavy atom. The lowest BCUT2D eigenvalue weighted by Gasteiger charge is -2.12. The Labute approximate surface area is 163 Å². The van der Waals surface area contributed by atoms with Gasteiger partial charge in [-0.25, -0.2) is 4.68 Å². The lowest BCUT2D eigenvalue weighted by molar-refractivity contribution is -0.119. The summed E-state index contributed by atoms with van der Waals surface area (Å²) in [6, 6.07) is 14.5.